The van der Waals surface area contributed by atoms with E-state index in [1.165, 1.54) is 0 Å². The molecule has 36 heavy (non-hydrogen) atoms. The molecule has 0 fully saturated rings. The average Bonchev–Trinajstić information content (AvgIpc) is 2.87. The fraction of sp³-hybridized carbons (Fsp3) is 0.429. The van der Waals surface area contributed by atoms with Crippen molar-refractivity contribution in [2.45, 2.75) is 65.8 Å². The number of ether oxygens (including phenoxy) is 1. The van der Waals surface area contributed by atoms with Gasteiger partial charge in [0.25, 0.3) is 5.56 Å². The van der Waals surface area contributed by atoms with E-state index >= 15 is 0 Å². The van der Waals surface area contributed by atoms with Crippen LogP contribution in [-0.2, 0) is 14.3 Å². The molecule has 1 aromatic heterocycles. The summed E-state index contributed by atoms with van der Waals surface area (Å²) in [5.41, 5.74) is 1.71. The van der Waals surface area contributed by atoms with Crippen LogP contribution in [0.2, 0.25) is 5.02 Å². The summed E-state index contributed by atoms with van der Waals surface area (Å²) in [6.45, 7) is 8.34. The van der Waals surface area contributed by atoms with Gasteiger partial charge in [0.05, 0.1) is 35.7 Å². The van der Waals surface area contributed by atoms with Crippen molar-refractivity contribution in [3.63, 3.8) is 0 Å². The second-order valence-electron chi connectivity index (χ2n) is 8.79. The molecule has 0 saturated heterocycles. The van der Waals surface area contributed by atoms with Gasteiger partial charge in [-0.05, 0) is 57.0 Å². The Bertz CT molecular complexity index is 1290. The molecule has 2 aromatic carbocycles. The van der Waals surface area contributed by atoms with Crippen molar-refractivity contribution in [3.8, 4) is 5.69 Å². The van der Waals surface area contributed by atoms with Gasteiger partial charge in [-0.25, -0.2) is 4.98 Å². The molecule has 8 heteroatoms. The number of amides is 1. The first-order valence-corrected chi connectivity index (χ1v) is 12.9. The third-order valence-corrected chi connectivity index (χ3v) is 6.70. The van der Waals surface area contributed by atoms with Crippen LogP contribution in [0.3, 0.4) is 0 Å². The van der Waals surface area contributed by atoms with E-state index in [0.29, 0.717) is 34.0 Å². The van der Waals surface area contributed by atoms with E-state index in [1.807, 2.05) is 26.0 Å². The van der Waals surface area contributed by atoms with Crippen LogP contribution in [-0.4, -0.2) is 39.5 Å². The van der Waals surface area contributed by atoms with Crippen molar-refractivity contribution in [1.82, 2.24) is 14.5 Å². The number of hydrogen-bond acceptors (Lipinski definition) is 5. The lowest BCUT2D eigenvalue weighted by atomic mass is 10.1. The number of rotatable bonds is 11. The Labute approximate surface area is 217 Å². The predicted molar refractivity (Wildman–Crippen MR) is 143 cm³/mol. The summed E-state index contributed by atoms with van der Waals surface area (Å²) in [5, 5.41) is 1.02. The largest absolute Gasteiger partial charge is 0.466 e. The van der Waals surface area contributed by atoms with Crippen molar-refractivity contribution >= 4 is 34.4 Å². The van der Waals surface area contributed by atoms with E-state index in [-0.39, 0.29) is 30.9 Å². The van der Waals surface area contributed by atoms with Crippen molar-refractivity contribution in [3.05, 3.63) is 69.2 Å². The molecule has 1 unspecified atom stereocenters. The molecule has 0 aliphatic heterocycles. The highest BCUT2D eigenvalue weighted by atomic mass is 35.5. The average molecular weight is 512 g/mol. The highest BCUT2D eigenvalue weighted by Crippen LogP contribution is 2.28. The van der Waals surface area contributed by atoms with Gasteiger partial charge in [-0.2, -0.15) is 0 Å². The van der Waals surface area contributed by atoms with Crippen LogP contribution in [0.1, 0.15) is 70.3 Å². The summed E-state index contributed by atoms with van der Waals surface area (Å²) in [5.74, 6) is -0.129. The third kappa shape index (κ3) is 6.13. The fourth-order valence-corrected chi connectivity index (χ4v) is 4.46. The van der Waals surface area contributed by atoms with Gasteiger partial charge in [0.2, 0.25) is 5.91 Å². The number of unbranched alkanes of at least 4 members (excludes halogenated alkanes) is 2. The number of para-hydroxylation sites is 1. The number of carbonyl (C=O) groups excluding carboxylic acids is 2. The number of nitrogens with zero attached hydrogens (tertiary/aromatic N) is 3. The standard InChI is InChI=1S/C28H34ClN3O4/c1-5-7-10-18-31(25(33)16-17-26(34)36-6-2)20(4)27-30-23-14-9-8-12-21(23)28(35)32(27)24-15-11-13-22(29)19(24)3/h8-9,11-15,20H,5-7,10,16-18H2,1-4H3. The van der Waals surface area contributed by atoms with E-state index in [9.17, 15) is 14.4 Å². The number of halogens is 1. The molecular weight excluding hydrogens is 478 g/mol. The molecule has 0 saturated carbocycles. The molecule has 3 aromatic rings. The van der Waals surface area contributed by atoms with Gasteiger partial charge in [-0.1, -0.05) is 49.6 Å². The molecule has 1 atom stereocenters. The highest BCUT2D eigenvalue weighted by Gasteiger charge is 2.27. The van der Waals surface area contributed by atoms with Gasteiger partial charge in [0.1, 0.15) is 5.82 Å². The molecule has 0 aliphatic carbocycles. The number of benzene rings is 2. The summed E-state index contributed by atoms with van der Waals surface area (Å²) in [6, 6.07) is 12.1. The molecule has 0 aliphatic rings. The lowest BCUT2D eigenvalue weighted by Gasteiger charge is -2.31. The van der Waals surface area contributed by atoms with Crippen molar-refractivity contribution in [2.75, 3.05) is 13.2 Å². The smallest absolute Gasteiger partial charge is 0.306 e. The summed E-state index contributed by atoms with van der Waals surface area (Å²) in [4.78, 5) is 45.6. The zero-order chi connectivity index (χ0) is 26.2. The van der Waals surface area contributed by atoms with Gasteiger partial charge >= 0.3 is 5.97 Å². The van der Waals surface area contributed by atoms with E-state index in [1.54, 1.807) is 46.7 Å². The minimum Gasteiger partial charge on any atom is -0.466 e. The number of aromatic nitrogens is 2. The molecule has 3 rings (SSSR count). The normalized spacial score (nSPS) is 11.9. The predicted octanol–water partition coefficient (Wildman–Crippen LogP) is 5.77. The summed E-state index contributed by atoms with van der Waals surface area (Å²) >= 11 is 6.42. The van der Waals surface area contributed by atoms with Crippen LogP contribution >= 0.6 is 11.6 Å². The molecule has 1 heterocycles. The van der Waals surface area contributed by atoms with E-state index in [4.69, 9.17) is 21.3 Å². The Hall–Kier alpha value is -3.19. The highest BCUT2D eigenvalue weighted by molar-refractivity contribution is 6.31. The van der Waals surface area contributed by atoms with Gasteiger partial charge in [0.15, 0.2) is 0 Å². The monoisotopic (exact) mass is 511 g/mol. The Morgan fingerprint density at radius 1 is 1.08 bits per heavy atom. The van der Waals surface area contributed by atoms with Gasteiger partial charge < -0.3 is 9.64 Å². The van der Waals surface area contributed by atoms with Crippen molar-refractivity contribution < 1.29 is 14.3 Å². The maximum Gasteiger partial charge on any atom is 0.306 e. The minimum absolute atomic E-state index is 0.00896. The van der Waals surface area contributed by atoms with Crippen LogP contribution < -0.4 is 5.56 Å². The maximum absolute atomic E-state index is 13.8. The Morgan fingerprint density at radius 3 is 2.56 bits per heavy atom. The lowest BCUT2D eigenvalue weighted by molar-refractivity contribution is -0.146. The Morgan fingerprint density at radius 2 is 1.83 bits per heavy atom. The molecule has 0 radical (unpaired) electrons. The van der Waals surface area contributed by atoms with Crippen LogP contribution in [0.25, 0.3) is 16.6 Å². The number of carbonyl (C=O) groups is 2. The van der Waals surface area contributed by atoms with Gasteiger partial charge in [-0.15, -0.1) is 0 Å². The first kappa shape index (κ1) is 27.4. The van der Waals surface area contributed by atoms with Crippen LogP contribution in [0.15, 0.2) is 47.3 Å². The van der Waals surface area contributed by atoms with E-state index < -0.39 is 12.0 Å². The zero-order valence-corrected chi connectivity index (χ0v) is 22.2. The second-order valence-corrected chi connectivity index (χ2v) is 9.19. The number of hydrogen-bond donors (Lipinski definition) is 0. The Kier molecular flexibility index (Phi) is 9.65. The van der Waals surface area contributed by atoms with Crippen LogP contribution in [0, 0.1) is 6.92 Å². The van der Waals surface area contributed by atoms with E-state index in [2.05, 4.69) is 6.92 Å². The van der Waals surface area contributed by atoms with Crippen LogP contribution in [0.5, 0.6) is 0 Å². The van der Waals surface area contributed by atoms with Crippen molar-refractivity contribution in [1.29, 1.82) is 0 Å². The number of esters is 1. The van der Waals surface area contributed by atoms with Gasteiger partial charge in [-0.3, -0.25) is 19.0 Å². The van der Waals surface area contributed by atoms with Gasteiger partial charge in [0, 0.05) is 18.0 Å². The van der Waals surface area contributed by atoms with E-state index in [0.717, 1.165) is 24.8 Å². The van der Waals surface area contributed by atoms with Crippen LogP contribution in [0.4, 0.5) is 0 Å². The molecule has 0 spiro atoms. The SMILES string of the molecule is CCCCCN(C(=O)CCC(=O)OCC)C(C)c1nc2ccccc2c(=O)n1-c1cccc(Cl)c1C. The molecule has 1 amide bonds. The fourth-order valence-electron chi connectivity index (χ4n) is 4.29. The number of fused-ring (bicyclic) bond motifs is 1. The maximum atomic E-state index is 13.8. The molecule has 192 valence electrons. The molecule has 7 nitrogen and oxygen atoms in total. The molecule has 0 bridgehead atoms. The summed E-state index contributed by atoms with van der Waals surface area (Å²) < 4.78 is 6.57. The first-order chi connectivity index (χ1) is 17.3. The molecular formula is C28H34ClN3O4. The lowest BCUT2D eigenvalue weighted by Crippen LogP contribution is -2.38. The topological polar surface area (TPSA) is 81.5 Å². The molecule has 0 N–H and O–H groups in total. The summed E-state index contributed by atoms with van der Waals surface area (Å²) in [7, 11) is 0. The quantitative estimate of drug-likeness (QED) is 0.241. The zero-order valence-electron chi connectivity index (χ0n) is 21.4. The minimum atomic E-state index is -0.521. The summed E-state index contributed by atoms with van der Waals surface area (Å²) in [6.07, 6.45) is 2.80. The third-order valence-electron chi connectivity index (χ3n) is 6.29. The second kappa shape index (κ2) is 12.7. The first-order valence-electron chi connectivity index (χ1n) is 12.5. The Balaban J connectivity index is 2.13. The van der Waals surface area contributed by atoms with Crippen molar-refractivity contribution in [2.24, 2.45) is 0 Å².